The molecule has 1 aromatic carbocycles. The molecule has 2 rings (SSSR count). The zero-order valence-corrected chi connectivity index (χ0v) is 19.8. The van der Waals surface area contributed by atoms with E-state index < -0.39 is 0 Å². The highest BCUT2D eigenvalue weighted by Gasteiger charge is 2.27. The maximum absolute atomic E-state index is 11.7. The number of aliphatic imine (C=N–C) groups is 1. The number of rotatable bonds is 6. The number of carbonyl (C=O) groups is 1. The van der Waals surface area contributed by atoms with E-state index in [0.717, 1.165) is 43.2 Å². The number of esters is 1. The van der Waals surface area contributed by atoms with Gasteiger partial charge in [-0.3, -0.25) is 9.79 Å². The third-order valence-electron chi connectivity index (χ3n) is 5.12. The molecule has 7 nitrogen and oxygen atoms in total. The maximum atomic E-state index is 11.7. The van der Waals surface area contributed by atoms with Gasteiger partial charge in [0.05, 0.1) is 26.2 Å². The molecule has 0 radical (unpaired) electrons. The van der Waals surface area contributed by atoms with Gasteiger partial charge in [0.25, 0.3) is 0 Å². The van der Waals surface area contributed by atoms with E-state index in [1.807, 2.05) is 18.2 Å². The molecule has 1 N–H and O–H groups in total. The molecule has 158 valence electrons. The Bertz CT molecular complexity index is 646. The summed E-state index contributed by atoms with van der Waals surface area (Å²) in [6.45, 7) is 2.29. The van der Waals surface area contributed by atoms with Crippen LogP contribution in [0.5, 0.6) is 5.75 Å². The van der Waals surface area contributed by atoms with E-state index in [2.05, 4.69) is 40.3 Å². The number of benzene rings is 1. The van der Waals surface area contributed by atoms with Crippen LogP contribution >= 0.6 is 24.0 Å². The topological polar surface area (TPSA) is 66.4 Å². The molecule has 1 aromatic rings. The fourth-order valence-corrected chi connectivity index (χ4v) is 3.53. The molecule has 1 aliphatic rings. The van der Waals surface area contributed by atoms with E-state index in [0.29, 0.717) is 6.54 Å². The normalized spacial score (nSPS) is 16.4. The largest absolute Gasteiger partial charge is 0.496 e. The number of piperidine rings is 1. The fraction of sp³-hybridized carbons (Fsp3) is 0.600. The molecule has 0 saturated carbocycles. The summed E-state index contributed by atoms with van der Waals surface area (Å²) in [5, 5.41) is 3.49. The summed E-state index contributed by atoms with van der Waals surface area (Å²) in [5.74, 6) is 1.63. The number of likely N-dealkylation sites (N-methyl/N-ethyl adjacent to an activating group) is 1. The van der Waals surface area contributed by atoms with E-state index in [1.165, 1.54) is 7.11 Å². The Hall–Kier alpha value is -1.55. The predicted octanol–water partition coefficient (Wildman–Crippen LogP) is 2.38. The standard InChI is InChI=1S/C20H32N4O3.HI/c1-21-20(24-12-10-15(11-13-24)19(25)27-5)22-14-17(23(2)3)16-8-6-7-9-18(16)26-4;/h6-9,15,17H,10-14H2,1-5H3,(H,21,22);1H. The molecule has 1 fully saturated rings. The minimum atomic E-state index is -0.110. The maximum Gasteiger partial charge on any atom is 0.308 e. The number of nitrogens with zero attached hydrogens (tertiary/aromatic N) is 3. The van der Waals surface area contributed by atoms with Crippen LogP contribution in [-0.2, 0) is 9.53 Å². The number of carbonyl (C=O) groups excluding carboxylic acids is 1. The zero-order valence-electron chi connectivity index (χ0n) is 17.5. The highest BCUT2D eigenvalue weighted by molar-refractivity contribution is 14.0. The first kappa shape index (κ1) is 24.5. The van der Waals surface area contributed by atoms with Crippen molar-refractivity contribution in [3.8, 4) is 5.75 Å². The van der Waals surface area contributed by atoms with Crippen molar-refractivity contribution < 1.29 is 14.3 Å². The highest BCUT2D eigenvalue weighted by Crippen LogP contribution is 2.27. The minimum Gasteiger partial charge on any atom is -0.496 e. The molecule has 28 heavy (non-hydrogen) atoms. The Morgan fingerprint density at radius 3 is 2.46 bits per heavy atom. The molecule has 0 spiro atoms. The number of methoxy groups -OCH3 is 2. The van der Waals surface area contributed by atoms with Gasteiger partial charge >= 0.3 is 5.97 Å². The number of halogens is 1. The van der Waals surface area contributed by atoms with Crippen LogP contribution < -0.4 is 10.1 Å². The Morgan fingerprint density at radius 2 is 1.93 bits per heavy atom. The average Bonchev–Trinajstić information content (AvgIpc) is 2.70. The molecule has 0 amide bonds. The van der Waals surface area contributed by atoms with Crippen LogP contribution in [0.1, 0.15) is 24.4 Å². The van der Waals surface area contributed by atoms with E-state index in [-0.39, 0.29) is 41.9 Å². The monoisotopic (exact) mass is 504 g/mol. The highest BCUT2D eigenvalue weighted by atomic mass is 127. The summed E-state index contributed by atoms with van der Waals surface area (Å²) in [6, 6.07) is 8.23. The van der Waals surface area contributed by atoms with Gasteiger partial charge in [-0.15, -0.1) is 24.0 Å². The first-order valence-corrected chi connectivity index (χ1v) is 9.34. The third kappa shape index (κ3) is 6.23. The van der Waals surface area contributed by atoms with E-state index in [1.54, 1.807) is 14.2 Å². The van der Waals surface area contributed by atoms with Crippen molar-refractivity contribution in [1.29, 1.82) is 0 Å². The molecule has 0 aromatic heterocycles. The van der Waals surface area contributed by atoms with Crippen LogP contribution in [-0.4, -0.2) is 76.7 Å². The van der Waals surface area contributed by atoms with Gasteiger partial charge in [-0.05, 0) is 33.0 Å². The molecule has 1 aliphatic heterocycles. The molecular formula is C20H33IN4O3. The van der Waals surface area contributed by atoms with Gasteiger partial charge in [-0.1, -0.05) is 18.2 Å². The van der Waals surface area contributed by atoms with Gasteiger partial charge < -0.3 is 24.6 Å². The third-order valence-corrected chi connectivity index (χ3v) is 5.12. The molecule has 0 aliphatic carbocycles. The van der Waals surface area contributed by atoms with E-state index in [9.17, 15) is 4.79 Å². The second kappa shape index (κ2) is 12.1. The number of hydrogen-bond donors (Lipinski definition) is 1. The summed E-state index contributed by atoms with van der Waals surface area (Å²) in [4.78, 5) is 20.5. The van der Waals surface area contributed by atoms with Crippen molar-refractivity contribution in [2.45, 2.75) is 18.9 Å². The lowest BCUT2D eigenvalue weighted by molar-refractivity contribution is -0.146. The van der Waals surface area contributed by atoms with Crippen molar-refractivity contribution in [2.24, 2.45) is 10.9 Å². The molecule has 0 bridgehead atoms. The van der Waals surface area contributed by atoms with E-state index in [4.69, 9.17) is 9.47 Å². The number of hydrogen-bond acceptors (Lipinski definition) is 5. The fourth-order valence-electron chi connectivity index (χ4n) is 3.53. The van der Waals surface area contributed by atoms with Gasteiger partial charge in [-0.2, -0.15) is 0 Å². The van der Waals surface area contributed by atoms with Crippen LogP contribution in [0.3, 0.4) is 0 Å². The second-order valence-corrected chi connectivity index (χ2v) is 6.93. The SMILES string of the molecule is CN=C(NCC(c1ccccc1OC)N(C)C)N1CCC(C(=O)OC)CC1.I. The van der Waals surface area contributed by atoms with Crippen molar-refractivity contribution >= 4 is 35.9 Å². The minimum absolute atomic E-state index is 0. The number of para-hydroxylation sites is 1. The zero-order chi connectivity index (χ0) is 19.8. The second-order valence-electron chi connectivity index (χ2n) is 6.93. The van der Waals surface area contributed by atoms with Crippen LogP contribution in [0.4, 0.5) is 0 Å². The number of nitrogens with one attached hydrogen (secondary N) is 1. The van der Waals surface area contributed by atoms with Crippen molar-refractivity contribution in [3.05, 3.63) is 29.8 Å². The molecule has 1 saturated heterocycles. The first-order valence-electron chi connectivity index (χ1n) is 9.34. The molecule has 1 unspecified atom stereocenters. The summed E-state index contributed by atoms with van der Waals surface area (Å²) < 4.78 is 10.4. The Balaban J connectivity index is 0.00000392. The molecular weight excluding hydrogens is 471 g/mol. The van der Waals surface area contributed by atoms with Crippen LogP contribution in [0.15, 0.2) is 29.3 Å². The van der Waals surface area contributed by atoms with Crippen molar-refractivity contribution in [2.75, 3.05) is 55.0 Å². The van der Waals surface area contributed by atoms with Gasteiger partial charge in [0.2, 0.25) is 0 Å². The van der Waals surface area contributed by atoms with Crippen LogP contribution in [0.2, 0.25) is 0 Å². The van der Waals surface area contributed by atoms with Crippen molar-refractivity contribution in [1.82, 2.24) is 15.1 Å². The lowest BCUT2D eigenvalue weighted by atomic mass is 9.97. The summed E-state index contributed by atoms with van der Waals surface area (Å²) in [7, 11) is 9.06. The lowest BCUT2D eigenvalue weighted by Crippen LogP contribution is -2.48. The lowest BCUT2D eigenvalue weighted by Gasteiger charge is -2.34. The summed E-state index contributed by atoms with van der Waals surface area (Å²) >= 11 is 0. The summed E-state index contributed by atoms with van der Waals surface area (Å²) in [5.41, 5.74) is 1.14. The van der Waals surface area contributed by atoms with E-state index >= 15 is 0 Å². The van der Waals surface area contributed by atoms with Crippen LogP contribution in [0, 0.1) is 5.92 Å². The van der Waals surface area contributed by atoms with Gasteiger partial charge in [-0.25, -0.2) is 0 Å². The predicted molar refractivity (Wildman–Crippen MR) is 123 cm³/mol. The Kier molecular flexibility index (Phi) is 10.6. The summed E-state index contributed by atoms with van der Waals surface area (Å²) in [6.07, 6.45) is 1.58. The number of guanidine groups is 1. The van der Waals surface area contributed by atoms with Crippen LogP contribution in [0.25, 0.3) is 0 Å². The molecule has 8 heteroatoms. The smallest absolute Gasteiger partial charge is 0.308 e. The van der Waals surface area contributed by atoms with Gasteiger partial charge in [0.1, 0.15) is 5.75 Å². The Morgan fingerprint density at radius 1 is 1.29 bits per heavy atom. The molecule has 1 heterocycles. The van der Waals surface area contributed by atoms with Gasteiger partial charge in [0.15, 0.2) is 5.96 Å². The number of likely N-dealkylation sites (tertiary alicyclic amines) is 1. The van der Waals surface area contributed by atoms with Gasteiger partial charge in [0, 0.05) is 32.2 Å². The molecule has 1 atom stereocenters. The average molecular weight is 504 g/mol. The number of ether oxygens (including phenoxy) is 2. The first-order chi connectivity index (χ1) is 13.0. The van der Waals surface area contributed by atoms with Crippen molar-refractivity contribution in [3.63, 3.8) is 0 Å². The Labute approximate surface area is 185 Å². The quantitative estimate of drug-likeness (QED) is 0.278.